The van der Waals surface area contributed by atoms with Crippen molar-refractivity contribution in [2.75, 3.05) is 18.4 Å². The van der Waals surface area contributed by atoms with Crippen LogP contribution in [0.1, 0.15) is 37.6 Å². The van der Waals surface area contributed by atoms with Crippen LogP contribution in [0.15, 0.2) is 24.3 Å². The van der Waals surface area contributed by atoms with Gasteiger partial charge in [-0.15, -0.1) is 0 Å². The van der Waals surface area contributed by atoms with Gasteiger partial charge in [-0.1, -0.05) is 13.8 Å². The summed E-state index contributed by atoms with van der Waals surface area (Å²) in [7, 11) is 0. The maximum Gasteiger partial charge on any atom is 0.248 e. The fourth-order valence-electron chi connectivity index (χ4n) is 3.16. The molecule has 120 valence electrons. The van der Waals surface area contributed by atoms with Gasteiger partial charge in [-0.3, -0.25) is 14.5 Å². The molecule has 3 N–H and O–H groups in total. The first kappa shape index (κ1) is 16.5. The second-order valence-corrected chi connectivity index (χ2v) is 6.51. The van der Waals surface area contributed by atoms with E-state index in [1.165, 1.54) is 6.42 Å². The number of likely N-dealkylation sites (tertiary alicyclic amines) is 1. The van der Waals surface area contributed by atoms with Gasteiger partial charge in [-0.25, -0.2) is 0 Å². The fourth-order valence-corrected chi connectivity index (χ4v) is 3.16. The molecule has 5 nitrogen and oxygen atoms in total. The first-order valence-corrected chi connectivity index (χ1v) is 7.81. The summed E-state index contributed by atoms with van der Waals surface area (Å²) in [5, 5.41) is 2.90. The normalized spacial score (nSPS) is 23.8. The standard InChI is InChI=1S/C17H25N3O2/c1-11-8-12(2)10-20(9-11)13(3)17(22)19-15-6-4-14(5-7-15)16(18)21/h4-7,11-13H,8-10H2,1-3H3,(H2,18,21)(H,19,22)/t11-,12+,13-/m1/s1. The predicted molar refractivity (Wildman–Crippen MR) is 87.6 cm³/mol. The largest absolute Gasteiger partial charge is 0.366 e. The topological polar surface area (TPSA) is 75.4 Å². The summed E-state index contributed by atoms with van der Waals surface area (Å²) >= 11 is 0. The third kappa shape index (κ3) is 4.07. The molecule has 1 aromatic rings. The maximum absolute atomic E-state index is 12.4. The maximum atomic E-state index is 12.4. The summed E-state index contributed by atoms with van der Waals surface area (Å²) in [5.41, 5.74) is 6.32. The molecule has 0 spiro atoms. The second kappa shape index (κ2) is 6.92. The van der Waals surface area contributed by atoms with Gasteiger partial charge in [0.05, 0.1) is 6.04 Å². The van der Waals surface area contributed by atoms with Crippen molar-refractivity contribution in [3.05, 3.63) is 29.8 Å². The van der Waals surface area contributed by atoms with E-state index in [0.29, 0.717) is 23.1 Å². The molecule has 1 aliphatic heterocycles. The number of amides is 2. The molecule has 2 rings (SSSR count). The van der Waals surface area contributed by atoms with Crippen molar-refractivity contribution in [1.82, 2.24) is 4.90 Å². The molecule has 1 aromatic carbocycles. The lowest BCUT2D eigenvalue weighted by Crippen LogP contribution is -2.48. The number of nitrogens with two attached hydrogens (primary N) is 1. The van der Waals surface area contributed by atoms with E-state index in [2.05, 4.69) is 24.1 Å². The van der Waals surface area contributed by atoms with Crippen LogP contribution in [0.25, 0.3) is 0 Å². The first-order chi connectivity index (χ1) is 10.4. The van der Waals surface area contributed by atoms with E-state index >= 15 is 0 Å². The minimum Gasteiger partial charge on any atom is -0.366 e. The van der Waals surface area contributed by atoms with Gasteiger partial charge >= 0.3 is 0 Å². The molecular weight excluding hydrogens is 278 g/mol. The zero-order valence-electron chi connectivity index (χ0n) is 13.5. The van der Waals surface area contributed by atoms with Crippen LogP contribution in [0, 0.1) is 11.8 Å². The Balaban J connectivity index is 1.97. The van der Waals surface area contributed by atoms with Crippen LogP contribution in [0.2, 0.25) is 0 Å². The van der Waals surface area contributed by atoms with Crippen LogP contribution < -0.4 is 11.1 Å². The Morgan fingerprint density at radius 2 is 1.73 bits per heavy atom. The lowest BCUT2D eigenvalue weighted by Gasteiger charge is -2.38. The minimum absolute atomic E-state index is 0.0203. The van der Waals surface area contributed by atoms with Gasteiger partial charge in [0.1, 0.15) is 0 Å². The van der Waals surface area contributed by atoms with Gasteiger partial charge in [0.2, 0.25) is 11.8 Å². The molecule has 0 bridgehead atoms. The van der Waals surface area contributed by atoms with Crippen molar-refractivity contribution in [3.8, 4) is 0 Å². The summed E-state index contributed by atoms with van der Waals surface area (Å²) in [6.45, 7) is 8.32. The lowest BCUT2D eigenvalue weighted by molar-refractivity contribution is -0.121. The molecule has 1 saturated heterocycles. The SMILES string of the molecule is C[C@@H]1C[C@H](C)CN([C@H](C)C(=O)Nc2ccc(C(N)=O)cc2)C1. The molecule has 1 fully saturated rings. The van der Waals surface area contributed by atoms with Crippen molar-refractivity contribution in [3.63, 3.8) is 0 Å². The Morgan fingerprint density at radius 3 is 2.23 bits per heavy atom. The Kier molecular flexibility index (Phi) is 5.19. The number of primary amides is 1. The number of carbonyl (C=O) groups excluding carboxylic acids is 2. The summed E-state index contributed by atoms with van der Waals surface area (Å²) in [6, 6.07) is 6.47. The summed E-state index contributed by atoms with van der Waals surface area (Å²) < 4.78 is 0. The van der Waals surface area contributed by atoms with E-state index in [1.54, 1.807) is 24.3 Å². The molecule has 2 amide bonds. The summed E-state index contributed by atoms with van der Waals surface area (Å²) in [4.78, 5) is 25.7. The Bertz CT molecular complexity index is 531. The van der Waals surface area contributed by atoms with Crippen molar-refractivity contribution >= 4 is 17.5 Å². The van der Waals surface area contributed by atoms with Crippen molar-refractivity contribution < 1.29 is 9.59 Å². The average molecular weight is 303 g/mol. The number of hydrogen-bond acceptors (Lipinski definition) is 3. The molecule has 1 aliphatic rings. The van der Waals surface area contributed by atoms with E-state index in [4.69, 9.17) is 5.73 Å². The third-order valence-electron chi connectivity index (χ3n) is 4.26. The zero-order valence-corrected chi connectivity index (χ0v) is 13.5. The van der Waals surface area contributed by atoms with Gasteiger partial charge in [-0.2, -0.15) is 0 Å². The van der Waals surface area contributed by atoms with E-state index < -0.39 is 5.91 Å². The van der Waals surface area contributed by atoms with Crippen LogP contribution in [-0.2, 0) is 4.79 Å². The first-order valence-electron chi connectivity index (χ1n) is 7.81. The van der Waals surface area contributed by atoms with Gasteiger partial charge in [0.25, 0.3) is 0 Å². The van der Waals surface area contributed by atoms with E-state index in [0.717, 1.165) is 13.1 Å². The van der Waals surface area contributed by atoms with Crippen molar-refractivity contribution in [2.24, 2.45) is 17.6 Å². The molecule has 1 heterocycles. The van der Waals surface area contributed by atoms with Crippen molar-refractivity contribution in [2.45, 2.75) is 33.2 Å². The Labute approximate surface area is 131 Å². The average Bonchev–Trinajstić information content (AvgIpc) is 2.46. The van der Waals surface area contributed by atoms with Crippen molar-refractivity contribution in [1.29, 1.82) is 0 Å². The third-order valence-corrected chi connectivity index (χ3v) is 4.26. The molecule has 0 aliphatic carbocycles. The van der Waals surface area contributed by atoms with E-state index in [-0.39, 0.29) is 11.9 Å². The van der Waals surface area contributed by atoms with Gasteiger partial charge in [0, 0.05) is 24.3 Å². The predicted octanol–water partition coefficient (Wildman–Crippen LogP) is 2.09. The highest BCUT2D eigenvalue weighted by atomic mass is 16.2. The van der Waals surface area contributed by atoms with Crippen LogP contribution in [0.3, 0.4) is 0 Å². The minimum atomic E-state index is -0.470. The fraction of sp³-hybridized carbons (Fsp3) is 0.529. The molecule has 0 radical (unpaired) electrons. The quantitative estimate of drug-likeness (QED) is 0.894. The number of carbonyl (C=O) groups is 2. The van der Waals surface area contributed by atoms with Gasteiger partial charge in [0.15, 0.2) is 0 Å². The van der Waals surface area contributed by atoms with E-state index in [1.807, 2.05) is 6.92 Å². The molecule has 0 unspecified atom stereocenters. The monoisotopic (exact) mass is 303 g/mol. The molecule has 22 heavy (non-hydrogen) atoms. The lowest BCUT2D eigenvalue weighted by atomic mass is 9.91. The smallest absolute Gasteiger partial charge is 0.248 e. The van der Waals surface area contributed by atoms with Crippen LogP contribution in [0.5, 0.6) is 0 Å². The number of rotatable bonds is 4. The van der Waals surface area contributed by atoms with Crippen LogP contribution in [0.4, 0.5) is 5.69 Å². The number of nitrogens with zero attached hydrogens (tertiary/aromatic N) is 1. The second-order valence-electron chi connectivity index (χ2n) is 6.51. The molecule has 3 atom stereocenters. The summed E-state index contributed by atoms with van der Waals surface area (Å²) in [6.07, 6.45) is 1.22. The molecular formula is C17H25N3O2. The van der Waals surface area contributed by atoms with Crippen LogP contribution >= 0.6 is 0 Å². The number of benzene rings is 1. The highest BCUT2D eigenvalue weighted by Gasteiger charge is 2.28. The van der Waals surface area contributed by atoms with Crippen LogP contribution in [-0.4, -0.2) is 35.8 Å². The summed E-state index contributed by atoms with van der Waals surface area (Å²) in [5.74, 6) is 0.748. The number of nitrogens with one attached hydrogen (secondary N) is 1. The highest BCUT2D eigenvalue weighted by molar-refractivity contribution is 5.96. The van der Waals surface area contributed by atoms with E-state index in [9.17, 15) is 9.59 Å². The number of piperidine rings is 1. The molecule has 0 aromatic heterocycles. The molecule has 5 heteroatoms. The van der Waals surface area contributed by atoms with Gasteiger partial charge < -0.3 is 11.1 Å². The zero-order chi connectivity index (χ0) is 16.3. The number of anilines is 1. The van der Waals surface area contributed by atoms with Gasteiger partial charge in [-0.05, 0) is 49.4 Å². The number of hydrogen-bond donors (Lipinski definition) is 2. The highest BCUT2D eigenvalue weighted by Crippen LogP contribution is 2.23. The Hall–Kier alpha value is -1.88. The molecule has 0 saturated carbocycles. The Morgan fingerprint density at radius 1 is 1.18 bits per heavy atom.